The zero-order chi connectivity index (χ0) is 10.7. The van der Waals surface area contributed by atoms with Gasteiger partial charge in [0.2, 0.25) is 0 Å². The number of ketones is 1. The zero-order valence-corrected chi connectivity index (χ0v) is 10.3. The van der Waals surface area contributed by atoms with Gasteiger partial charge in [-0.3, -0.25) is 4.79 Å². The zero-order valence-electron chi connectivity index (χ0n) is 7.93. The summed E-state index contributed by atoms with van der Waals surface area (Å²) in [5, 5.41) is 0. The van der Waals surface area contributed by atoms with Crippen molar-refractivity contribution >= 4 is 33.3 Å². The van der Waals surface area contributed by atoms with E-state index in [-0.39, 0.29) is 11.7 Å². The van der Waals surface area contributed by atoms with Crippen LogP contribution in [0.2, 0.25) is 0 Å². The van der Waals surface area contributed by atoms with Gasteiger partial charge in [-0.05, 0) is 34.5 Å². The second-order valence-electron chi connectivity index (χ2n) is 2.83. The Morgan fingerprint density at radius 2 is 2.21 bits per heavy atom. The molecule has 1 aromatic carbocycles. The number of methoxy groups -OCH3 is 1. The fourth-order valence-corrected chi connectivity index (χ4v) is 1.84. The second kappa shape index (κ2) is 4.80. The Morgan fingerprint density at radius 3 is 2.71 bits per heavy atom. The molecule has 0 amide bonds. The Hall–Kier alpha value is -0.540. The molecule has 4 heteroatoms. The molecule has 0 fully saturated rings. The minimum atomic E-state index is -0.140. The highest BCUT2D eigenvalue weighted by Crippen LogP contribution is 2.30. The van der Waals surface area contributed by atoms with Gasteiger partial charge >= 0.3 is 0 Å². The highest BCUT2D eigenvalue weighted by atomic mass is 79.9. The van der Waals surface area contributed by atoms with Crippen LogP contribution in [0.4, 0.5) is 0 Å². The first-order valence-corrected chi connectivity index (χ1v) is 5.36. The largest absolute Gasteiger partial charge is 0.496 e. The van der Waals surface area contributed by atoms with E-state index in [1.807, 2.05) is 13.0 Å². The molecule has 0 N–H and O–H groups in total. The molecule has 0 radical (unpaired) electrons. The van der Waals surface area contributed by atoms with Crippen LogP contribution >= 0.6 is 27.5 Å². The second-order valence-corrected chi connectivity index (χ2v) is 3.89. The lowest BCUT2D eigenvalue weighted by Gasteiger charge is -2.10. The van der Waals surface area contributed by atoms with E-state index >= 15 is 0 Å². The number of halogens is 2. The topological polar surface area (TPSA) is 26.3 Å². The maximum absolute atomic E-state index is 11.5. The summed E-state index contributed by atoms with van der Waals surface area (Å²) in [6.07, 6.45) is 0. The summed E-state index contributed by atoms with van der Waals surface area (Å²) < 4.78 is 5.85. The van der Waals surface area contributed by atoms with E-state index in [9.17, 15) is 4.79 Å². The van der Waals surface area contributed by atoms with Crippen LogP contribution in [0.3, 0.4) is 0 Å². The summed E-state index contributed by atoms with van der Waals surface area (Å²) in [7, 11) is 1.53. The average Bonchev–Trinajstić information content (AvgIpc) is 2.20. The molecule has 1 rings (SSSR count). The van der Waals surface area contributed by atoms with E-state index in [1.54, 1.807) is 6.07 Å². The first-order valence-electron chi connectivity index (χ1n) is 4.04. The Labute approximate surface area is 96.3 Å². The predicted molar refractivity (Wildman–Crippen MR) is 60.5 cm³/mol. The Bertz CT molecular complexity index is 363. The summed E-state index contributed by atoms with van der Waals surface area (Å²) >= 11 is 8.87. The number of benzene rings is 1. The SMILES string of the molecule is COc1ccc(C)c(Br)c1C(=O)CCl. The first kappa shape index (κ1) is 11.5. The molecule has 0 aliphatic carbocycles. The maximum atomic E-state index is 11.5. The van der Waals surface area contributed by atoms with Crippen molar-refractivity contribution in [3.63, 3.8) is 0 Å². The Balaban J connectivity index is 3.35. The Kier molecular flexibility index (Phi) is 3.96. The van der Waals surface area contributed by atoms with Crippen LogP contribution in [0, 0.1) is 6.92 Å². The molecule has 0 bridgehead atoms. The molecular weight excluding hydrogens is 267 g/mol. The normalized spacial score (nSPS) is 10.0. The molecule has 0 atom stereocenters. The standard InChI is InChI=1S/C10H10BrClO2/c1-6-3-4-8(14-2)9(10(6)11)7(13)5-12/h3-4H,5H2,1-2H3. The van der Waals surface area contributed by atoms with Crippen molar-refractivity contribution < 1.29 is 9.53 Å². The molecule has 0 aromatic heterocycles. The smallest absolute Gasteiger partial charge is 0.182 e. The van der Waals surface area contributed by atoms with Gasteiger partial charge in [0.05, 0.1) is 18.6 Å². The van der Waals surface area contributed by atoms with E-state index in [1.165, 1.54) is 7.11 Å². The van der Waals surface area contributed by atoms with Crippen molar-refractivity contribution in [3.8, 4) is 5.75 Å². The van der Waals surface area contributed by atoms with Crippen molar-refractivity contribution in [2.24, 2.45) is 0 Å². The molecule has 0 unspecified atom stereocenters. The van der Waals surface area contributed by atoms with E-state index in [2.05, 4.69) is 15.9 Å². The number of alkyl halides is 1. The van der Waals surface area contributed by atoms with Crippen molar-refractivity contribution in [3.05, 3.63) is 27.7 Å². The summed E-state index contributed by atoms with van der Waals surface area (Å²) in [5.41, 5.74) is 1.50. The van der Waals surface area contributed by atoms with Crippen molar-refractivity contribution in [1.29, 1.82) is 0 Å². The molecule has 14 heavy (non-hydrogen) atoms. The van der Waals surface area contributed by atoms with Crippen LogP contribution in [0.15, 0.2) is 16.6 Å². The van der Waals surface area contributed by atoms with Gasteiger partial charge in [0, 0.05) is 4.47 Å². The van der Waals surface area contributed by atoms with Crippen molar-refractivity contribution in [1.82, 2.24) is 0 Å². The number of aryl methyl sites for hydroxylation is 1. The molecule has 76 valence electrons. The third-order valence-corrected chi connectivity index (χ3v) is 3.18. The molecule has 0 saturated heterocycles. The van der Waals surface area contributed by atoms with Gasteiger partial charge < -0.3 is 4.74 Å². The molecule has 0 aliphatic rings. The van der Waals surface area contributed by atoms with Crippen LogP contribution in [-0.4, -0.2) is 18.8 Å². The highest BCUT2D eigenvalue weighted by Gasteiger charge is 2.16. The van der Waals surface area contributed by atoms with E-state index in [0.29, 0.717) is 11.3 Å². The number of carbonyl (C=O) groups excluding carboxylic acids is 1. The predicted octanol–water partition coefficient (Wildman–Crippen LogP) is 3.19. The fourth-order valence-electron chi connectivity index (χ4n) is 1.16. The molecule has 0 spiro atoms. The first-order chi connectivity index (χ1) is 6.61. The molecule has 0 heterocycles. The van der Waals surface area contributed by atoms with Gasteiger partial charge in [0.25, 0.3) is 0 Å². The number of ether oxygens (including phenoxy) is 1. The van der Waals surface area contributed by atoms with E-state index < -0.39 is 0 Å². The van der Waals surface area contributed by atoms with Gasteiger partial charge in [0.15, 0.2) is 5.78 Å². The summed E-state index contributed by atoms with van der Waals surface area (Å²) in [6.45, 7) is 1.91. The minimum absolute atomic E-state index is 0.0432. The number of hydrogen-bond acceptors (Lipinski definition) is 2. The molecule has 0 aliphatic heterocycles. The monoisotopic (exact) mass is 276 g/mol. The van der Waals surface area contributed by atoms with E-state index in [4.69, 9.17) is 16.3 Å². The minimum Gasteiger partial charge on any atom is -0.496 e. The van der Waals surface area contributed by atoms with Gasteiger partial charge in [-0.2, -0.15) is 0 Å². The van der Waals surface area contributed by atoms with Crippen molar-refractivity contribution in [2.75, 3.05) is 13.0 Å². The fraction of sp³-hybridized carbons (Fsp3) is 0.300. The van der Waals surface area contributed by atoms with Gasteiger partial charge in [-0.1, -0.05) is 6.07 Å². The lowest BCUT2D eigenvalue weighted by atomic mass is 10.1. The number of carbonyl (C=O) groups is 1. The molecule has 0 saturated carbocycles. The van der Waals surface area contributed by atoms with Crippen LogP contribution in [-0.2, 0) is 0 Å². The Morgan fingerprint density at radius 1 is 1.57 bits per heavy atom. The summed E-state index contributed by atoms with van der Waals surface area (Å²) in [6, 6.07) is 3.65. The van der Waals surface area contributed by atoms with Crippen LogP contribution in [0.1, 0.15) is 15.9 Å². The van der Waals surface area contributed by atoms with Crippen LogP contribution < -0.4 is 4.74 Å². The third kappa shape index (κ3) is 2.10. The van der Waals surface area contributed by atoms with Gasteiger partial charge in [0.1, 0.15) is 5.75 Å². The summed E-state index contributed by atoms with van der Waals surface area (Å²) in [4.78, 5) is 11.5. The summed E-state index contributed by atoms with van der Waals surface area (Å²) in [5.74, 6) is 0.366. The van der Waals surface area contributed by atoms with Crippen molar-refractivity contribution in [2.45, 2.75) is 6.92 Å². The van der Waals surface area contributed by atoms with Gasteiger partial charge in [-0.15, -0.1) is 11.6 Å². The lowest BCUT2D eigenvalue weighted by molar-refractivity contribution is 0.101. The number of hydrogen-bond donors (Lipinski definition) is 0. The molecule has 2 nitrogen and oxygen atoms in total. The lowest BCUT2D eigenvalue weighted by Crippen LogP contribution is -2.05. The van der Waals surface area contributed by atoms with Crippen LogP contribution in [0.25, 0.3) is 0 Å². The maximum Gasteiger partial charge on any atom is 0.182 e. The molecular formula is C10H10BrClO2. The molecule has 1 aromatic rings. The number of rotatable bonds is 3. The average molecular weight is 278 g/mol. The quantitative estimate of drug-likeness (QED) is 0.626. The van der Waals surface area contributed by atoms with Gasteiger partial charge in [-0.25, -0.2) is 0 Å². The van der Waals surface area contributed by atoms with Crippen LogP contribution in [0.5, 0.6) is 5.75 Å². The third-order valence-electron chi connectivity index (χ3n) is 1.92. The number of Topliss-reactive ketones (excluding diaryl/α,β-unsaturated/α-hetero) is 1. The van der Waals surface area contributed by atoms with E-state index in [0.717, 1.165) is 10.0 Å². The highest BCUT2D eigenvalue weighted by molar-refractivity contribution is 9.10.